The van der Waals surface area contributed by atoms with Crippen LogP contribution in [-0.4, -0.2) is 17.5 Å². The molecule has 0 saturated carbocycles. The third-order valence-corrected chi connectivity index (χ3v) is 7.39. The van der Waals surface area contributed by atoms with Crippen molar-refractivity contribution in [2.45, 2.75) is 112 Å². The van der Waals surface area contributed by atoms with Crippen molar-refractivity contribution in [2.75, 3.05) is 0 Å². The van der Waals surface area contributed by atoms with Crippen molar-refractivity contribution < 1.29 is 9.84 Å². The molecule has 2 heteroatoms. The summed E-state index contributed by atoms with van der Waals surface area (Å²) in [6.07, 6.45) is 13.0. The SMILES string of the molecule is CC(C)(C)CC(C)(C(O)OC1C2=C(CCC=C2)CC2=C1CCCC2)C(C)(C)C. The summed E-state index contributed by atoms with van der Waals surface area (Å²) in [4.78, 5) is 0. The summed E-state index contributed by atoms with van der Waals surface area (Å²) in [5, 5.41) is 11.5. The molecule has 3 aliphatic rings. The van der Waals surface area contributed by atoms with Gasteiger partial charge in [-0.05, 0) is 73.3 Å². The highest BCUT2D eigenvalue weighted by molar-refractivity contribution is 5.47. The lowest BCUT2D eigenvalue weighted by molar-refractivity contribution is -0.221. The number of ether oxygens (including phenoxy) is 1. The first-order valence-corrected chi connectivity index (χ1v) is 11.4. The molecule has 2 nitrogen and oxygen atoms in total. The van der Waals surface area contributed by atoms with Crippen molar-refractivity contribution in [3.05, 3.63) is 34.4 Å². The predicted molar refractivity (Wildman–Crippen MR) is 118 cm³/mol. The molecular weight excluding hydrogens is 344 g/mol. The van der Waals surface area contributed by atoms with Gasteiger partial charge in [-0.3, -0.25) is 0 Å². The lowest BCUT2D eigenvalue weighted by Crippen LogP contribution is -2.49. The van der Waals surface area contributed by atoms with Gasteiger partial charge < -0.3 is 9.84 Å². The number of aliphatic hydroxyl groups is 1. The molecule has 0 aromatic rings. The highest BCUT2D eigenvalue weighted by Crippen LogP contribution is 2.51. The Morgan fingerprint density at radius 3 is 2.32 bits per heavy atom. The quantitative estimate of drug-likeness (QED) is 0.412. The molecule has 0 aromatic carbocycles. The summed E-state index contributed by atoms with van der Waals surface area (Å²) < 4.78 is 6.66. The van der Waals surface area contributed by atoms with E-state index in [9.17, 15) is 5.11 Å². The average molecular weight is 387 g/mol. The van der Waals surface area contributed by atoms with Gasteiger partial charge in [0.15, 0.2) is 6.29 Å². The van der Waals surface area contributed by atoms with Crippen LogP contribution in [0.1, 0.15) is 99.8 Å². The summed E-state index contributed by atoms with van der Waals surface area (Å²) in [7, 11) is 0. The van der Waals surface area contributed by atoms with Crippen LogP contribution in [0, 0.1) is 16.2 Å². The van der Waals surface area contributed by atoms with Gasteiger partial charge in [-0.2, -0.15) is 0 Å². The van der Waals surface area contributed by atoms with E-state index in [0.717, 1.165) is 32.1 Å². The molecule has 0 amide bonds. The Kier molecular flexibility index (Phi) is 6.05. The van der Waals surface area contributed by atoms with Crippen LogP contribution in [-0.2, 0) is 4.74 Å². The molecule has 3 unspecified atom stereocenters. The standard InChI is InChI=1S/C26H42O2/c1-24(2,3)17-26(7,25(4,5)6)23(27)28-22-20-14-10-8-12-18(20)16-19-13-9-11-15-21(19)22/h10,14,22-23,27H,8-9,11-13,15-17H2,1-7H3. The van der Waals surface area contributed by atoms with Gasteiger partial charge in [-0.15, -0.1) is 0 Å². The normalized spacial score (nSPS) is 26.6. The van der Waals surface area contributed by atoms with Crippen LogP contribution >= 0.6 is 0 Å². The number of rotatable bonds is 4. The molecular formula is C26H42O2. The van der Waals surface area contributed by atoms with Gasteiger partial charge in [-0.25, -0.2) is 0 Å². The molecule has 0 aromatic heterocycles. The van der Waals surface area contributed by atoms with Crippen molar-refractivity contribution in [1.29, 1.82) is 0 Å². The number of aliphatic hydroxyl groups excluding tert-OH is 1. The van der Waals surface area contributed by atoms with Crippen LogP contribution in [0.5, 0.6) is 0 Å². The molecule has 3 aliphatic carbocycles. The maximum absolute atomic E-state index is 11.5. The second-order valence-corrected chi connectivity index (χ2v) is 11.8. The van der Waals surface area contributed by atoms with Crippen LogP contribution in [0.4, 0.5) is 0 Å². The van der Waals surface area contributed by atoms with Gasteiger partial charge in [0.25, 0.3) is 0 Å². The zero-order valence-electron chi connectivity index (χ0n) is 19.3. The molecule has 0 bridgehead atoms. The minimum absolute atomic E-state index is 0.0488. The fourth-order valence-electron chi connectivity index (χ4n) is 5.41. The van der Waals surface area contributed by atoms with E-state index < -0.39 is 6.29 Å². The summed E-state index contributed by atoms with van der Waals surface area (Å²) in [6, 6.07) is 0. The fourth-order valence-corrected chi connectivity index (χ4v) is 5.41. The Morgan fingerprint density at radius 2 is 1.68 bits per heavy atom. The second-order valence-electron chi connectivity index (χ2n) is 11.8. The molecule has 0 heterocycles. The van der Waals surface area contributed by atoms with Crippen molar-refractivity contribution in [1.82, 2.24) is 0 Å². The van der Waals surface area contributed by atoms with Crippen LogP contribution in [0.2, 0.25) is 0 Å². The smallest absolute Gasteiger partial charge is 0.161 e. The van der Waals surface area contributed by atoms with Gasteiger partial charge in [-0.1, -0.05) is 71.8 Å². The minimum atomic E-state index is -0.783. The van der Waals surface area contributed by atoms with Crippen LogP contribution in [0.25, 0.3) is 0 Å². The molecule has 0 saturated heterocycles. The Morgan fingerprint density at radius 1 is 1.00 bits per heavy atom. The zero-order chi connectivity index (χ0) is 20.7. The maximum Gasteiger partial charge on any atom is 0.161 e. The van der Waals surface area contributed by atoms with Crippen LogP contribution in [0.3, 0.4) is 0 Å². The predicted octanol–water partition coefficient (Wildman–Crippen LogP) is 7.10. The van der Waals surface area contributed by atoms with Gasteiger partial charge >= 0.3 is 0 Å². The van der Waals surface area contributed by atoms with Crippen molar-refractivity contribution >= 4 is 0 Å². The van der Waals surface area contributed by atoms with E-state index in [1.807, 2.05) is 0 Å². The molecule has 158 valence electrons. The molecule has 3 rings (SSSR count). The average Bonchev–Trinajstić information content (AvgIpc) is 2.59. The van der Waals surface area contributed by atoms with Crippen molar-refractivity contribution in [2.24, 2.45) is 16.2 Å². The van der Waals surface area contributed by atoms with Crippen molar-refractivity contribution in [3.63, 3.8) is 0 Å². The van der Waals surface area contributed by atoms with E-state index in [1.54, 1.807) is 11.1 Å². The summed E-state index contributed by atoms with van der Waals surface area (Å²) in [5.41, 5.74) is 5.72. The van der Waals surface area contributed by atoms with E-state index in [1.165, 1.54) is 30.4 Å². The third kappa shape index (κ3) is 4.33. The molecule has 0 aliphatic heterocycles. The first kappa shape index (κ1) is 21.8. The Labute approximate surface area is 173 Å². The van der Waals surface area contributed by atoms with Gasteiger partial charge in [0, 0.05) is 5.41 Å². The highest BCUT2D eigenvalue weighted by Gasteiger charge is 2.48. The molecule has 0 spiro atoms. The van der Waals surface area contributed by atoms with E-state index in [2.05, 4.69) is 60.6 Å². The van der Waals surface area contributed by atoms with Gasteiger partial charge in [0.05, 0.1) is 0 Å². The van der Waals surface area contributed by atoms with Gasteiger partial charge in [0.2, 0.25) is 0 Å². The van der Waals surface area contributed by atoms with E-state index in [-0.39, 0.29) is 22.3 Å². The second kappa shape index (κ2) is 7.76. The molecule has 1 N–H and O–H groups in total. The minimum Gasteiger partial charge on any atom is -0.367 e. The maximum atomic E-state index is 11.5. The topological polar surface area (TPSA) is 29.5 Å². The van der Waals surface area contributed by atoms with Gasteiger partial charge in [0.1, 0.15) is 6.10 Å². The first-order valence-electron chi connectivity index (χ1n) is 11.4. The summed E-state index contributed by atoms with van der Waals surface area (Å²) >= 11 is 0. The Bertz CT molecular complexity index is 680. The zero-order valence-corrected chi connectivity index (χ0v) is 19.3. The highest BCUT2D eigenvalue weighted by atomic mass is 16.6. The fraction of sp³-hybridized carbons (Fsp3) is 0.769. The van der Waals surface area contributed by atoms with Crippen LogP contribution in [0.15, 0.2) is 34.4 Å². The van der Waals surface area contributed by atoms with E-state index in [0.29, 0.717) is 0 Å². The van der Waals surface area contributed by atoms with Crippen molar-refractivity contribution in [3.8, 4) is 0 Å². The molecule has 0 radical (unpaired) electrons. The summed E-state index contributed by atoms with van der Waals surface area (Å²) in [6.45, 7) is 15.7. The van der Waals surface area contributed by atoms with Crippen LogP contribution < -0.4 is 0 Å². The molecule has 3 atom stereocenters. The lowest BCUT2D eigenvalue weighted by Gasteiger charge is -2.49. The number of allylic oxidation sites excluding steroid dienone is 3. The Balaban J connectivity index is 1.93. The third-order valence-electron chi connectivity index (χ3n) is 7.39. The van der Waals surface area contributed by atoms with E-state index in [4.69, 9.17) is 4.74 Å². The molecule has 0 fully saturated rings. The molecule has 28 heavy (non-hydrogen) atoms. The first-order chi connectivity index (χ1) is 12.9. The Hall–Kier alpha value is -0.860. The number of hydrogen-bond donors (Lipinski definition) is 1. The monoisotopic (exact) mass is 386 g/mol. The largest absolute Gasteiger partial charge is 0.367 e. The number of hydrogen-bond acceptors (Lipinski definition) is 2. The summed E-state index contributed by atoms with van der Waals surface area (Å²) in [5.74, 6) is 0. The lowest BCUT2D eigenvalue weighted by atomic mass is 9.60. The van der Waals surface area contributed by atoms with E-state index >= 15 is 0 Å².